The van der Waals surface area contributed by atoms with Crippen LogP contribution in [-0.4, -0.2) is 41.7 Å². The van der Waals surface area contributed by atoms with Gasteiger partial charge in [-0.2, -0.15) is 0 Å². The topological polar surface area (TPSA) is 49.8 Å². The average Bonchev–Trinajstić information content (AvgIpc) is 2.65. The monoisotopic (exact) mass is 291 g/mol. The molecule has 1 atom stereocenters. The van der Waals surface area contributed by atoms with Crippen LogP contribution in [0.3, 0.4) is 0 Å². The molecule has 1 aliphatic heterocycles. The number of methoxy groups -OCH3 is 1. The van der Waals surface area contributed by atoms with E-state index in [1.165, 1.54) is 0 Å². The van der Waals surface area contributed by atoms with E-state index in [1.807, 2.05) is 38.1 Å². The number of amides is 1. The second-order valence-corrected chi connectivity index (χ2v) is 6.72. The van der Waals surface area contributed by atoms with Gasteiger partial charge in [0, 0.05) is 24.9 Å². The van der Waals surface area contributed by atoms with E-state index in [1.54, 1.807) is 18.9 Å². The average molecular weight is 291 g/mol. The summed E-state index contributed by atoms with van der Waals surface area (Å²) in [6.45, 7) is 6.82. The lowest BCUT2D eigenvalue weighted by Gasteiger charge is -2.30. The highest BCUT2D eigenvalue weighted by molar-refractivity contribution is 5.77. The second kappa shape index (κ2) is 5.68. The fraction of sp³-hybridized carbons (Fsp3) is 0.588. The number of nitrogens with zero attached hydrogens (tertiary/aromatic N) is 1. The highest BCUT2D eigenvalue weighted by atomic mass is 16.5. The van der Waals surface area contributed by atoms with Crippen molar-refractivity contribution in [3.05, 3.63) is 29.8 Å². The van der Waals surface area contributed by atoms with Crippen molar-refractivity contribution in [2.75, 3.05) is 20.2 Å². The summed E-state index contributed by atoms with van der Waals surface area (Å²) in [5.74, 6) is 0.908. The Bertz CT molecular complexity index is 507. The number of carbonyl (C=O) groups excluding carboxylic acids is 1. The number of para-hydroxylation sites is 1. The fourth-order valence-electron chi connectivity index (χ4n) is 2.77. The maximum absolute atomic E-state index is 12.4. The van der Waals surface area contributed by atoms with E-state index in [0.717, 1.165) is 11.3 Å². The third-order valence-corrected chi connectivity index (χ3v) is 4.70. The molecule has 1 aliphatic rings. The first-order valence-corrected chi connectivity index (χ1v) is 7.39. The summed E-state index contributed by atoms with van der Waals surface area (Å²) in [6, 6.07) is 7.76. The summed E-state index contributed by atoms with van der Waals surface area (Å²) in [6.07, 6.45) is 1.09. The van der Waals surface area contributed by atoms with E-state index < -0.39 is 5.60 Å². The van der Waals surface area contributed by atoms with Crippen molar-refractivity contribution in [2.45, 2.75) is 39.2 Å². The lowest BCUT2D eigenvalue weighted by atomic mass is 9.79. The summed E-state index contributed by atoms with van der Waals surface area (Å²) in [4.78, 5) is 14.1. The van der Waals surface area contributed by atoms with Gasteiger partial charge in [0.2, 0.25) is 5.91 Å². The molecule has 0 aromatic heterocycles. The summed E-state index contributed by atoms with van der Waals surface area (Å²) in [5, 5.41) is 10.4. The fourth-order valence-corrected chi connectivity index (χ4v) is 2.77. The van der Waals surface area contributed by atoms with Crippen molar-refractivity contribution in [3.63, 3.8) is 0 Å². The number of aliphatic hydroxyl groups is 1. The van der Waals surface area contributed by atoms with E-state index in [2.05, 4.69) is 0 Å². The van der Waals surface area contributed by atoms with Crippen LogP contribution in [0.5, 0.6) is 5.75 Å². The normalized spacial score (nSPS) is 24.1. The van der Waals surface area contributed by atoms with Crippen molar-refractivity contribution in [2.24, 2.45) is 5.41 Å². The van der Waals surface area contributed by atoms with Crippen molar-refractivity contribution < 1.29 is 14.6 Å². The van der Waals surface area contributed by atoms with Gasteiger partial charge >= 0.3 is 0 Å². The Hall–Kier alpha value is -1.55. The molecule has 0 bridgehead atoms. The summed E-state index contributed by atoms with van der Waals surface area (Å²) in [5.41, 5.74) is -0.0567. The molecule has 4 heteroatoms. The number of ether oxygens (including phenoxy) is 1. The van der Waals surface area contributed by atoms with Crippen molar-refractivity contribution in [1.29, 1.82) is 0 Å². The molecule has 1 N–H and O–H groups in total. The Morgan fingerprint density at radius 1 is 1.29 bits per heavy atom. The molecule has 1 fully saturated rings. The third kappa shape index (κ3) is 3.21. The first kappa shape index (κ1) is 15.8. The van der Waals surface area contributed by atoms with Crippen LogP contribution in [0, 0.1) is 5.41 Å². The summed E-state index contributed by atoms with van der Waals surface area (Å²) >= 11 is 0. The number of rotatable bonds is 4. The van der Waals surface area contributed by atoms with Crippen LogP contribution in [0.4, 0.5) is 0 Å². The summed E-state index contributed by atoms with van der Waals surface area (Å²) in [7, 11) is 1.64. The third-order valence-electron chi connectivity index (χ3n) is 4.70. The van der Waals surface area contributed by atoms with Crippen LogP contribution in [0.1, 0.15) is 32.8 Å². The Balaban J connectivity index is 1.97. The Kier molecular flexibility index (Phi) is 4.28. The number of hydrogen-bond acceptors (Lipinski definition) is 3. The van der Waals surface area contributed by atoms with Crippen molar-refractivity contribution in [3.8, 4) is 5.75 Å². The number of β-amino-alcohol motifs (C(OH)–C–C–N with tert-alkyl or cyclic N) is 1. The van der Waals surface area contributed by atoms with Gasteiger partial charge in [0.25, 0.3) is 0 Å². The van der Waals surface area contributed by atoms with Crippen LogP contribution in [0.2, 0.25) is 0 Å². The molecule has 1 aromatic rings. The standard InChI is InChI=1S/C17H25NO3/c1-16(2)11-18(12-17(16,3)20)15(19)10-9-13-7-5-6-8-14(13)21-4/h5-8,20H,9-12H2,1-4H3/t17-/m0/s1. The predicted molar refractivity (Wildman–Crippen MR) is 82.3 cm³/mol. The zero-order valence-electron chi connectivity index (χ0n) is 13.3. The molecule has 2 rings (SSSR count). The van der Waals surface area contributed by atoms with E-state index in [4.69, 9.17) is 4.74 Å². The van der Waals surface area contributed by atoms with Gasteiger partial charge in [0.15, 0.2) is 0 Å². The molecule has 116 valence electrons. The molecule has 1 saturated heterocycles. The van der Waals surface area contributed by atoms with Crippen molar-refractivity contribution in [1.82, 2.24) is 4.90 Å². The Morgan fingerprint density at radius 3 is 2.52 bits per heavy atom. The maximum atomic E-state index is 12.4. The molecule has 21 heavy (non-hydrogen) atoms. The van der Waals surface area contributed by atoms with E-state index in [0.29, 0.717) is 25.9 Å². The van der Waals surface area contributed by atoms with Crippen LogP contribution in [0.15, 0.2) is 24.3 Å². The Labute approximate surface area is 126 Å². The van der Waals surface area contributed by atoms with Crippen LogP contribution in [0.25, 0.3) is 0 Å². The minimum atomic E-state index is -0.826. The first-order chi connectivity index (χ1) is 9.77. The number of aryl methyl sites for hydroxylation is 1. The number of benzene rings is 1. The van der Waals surface area contributed by atoms with Gasteiger partial charge in [0.05, 0.1) is 12.7 Å². The molecule has 0 unspecified atom stereocenters. The highest BCUT2D eigenvalue weighted by Crippen LogP contribution is 2.38. The minimum absolute atomic E-state index is 0.0896. The molecule has 0 aliphatic carbocycles. The lowest BCUT2D eigenvalue weighted by molar-refractivity contribution is -0.131. The molecule has 1 heterocycles. The largest absolute Gasteiger partial charge is 0.496 e. The van der Waals surface area contributed by atoms with Gasteiger partial charge in [-0.05, 0) is 25.0 Å². The molecule has 0 spiro atoms. The number of likely N-dealkylation sites (tertiary alicyclic amines) is 1. The van der Waals surface area contributed by atoms with Crippen LogP contribution in [-0.2, 0) is 11.2 Å². The van der Waals surface area contributed by atoms with E-state index >= 15 is 0 Å². The first-order valence-electron chi connectivity index (χ1n) is 7.39. The van der Waals surface area contributed by atoms with Gasteiger partial charge in [-0.25, -0.2) is 0 Å². The van der Waals surface area contributed by atoms with Gasteiger partial charge in [0.1, 0.15) is 5.75 Å². The van der Waals surface area contributed by atoms with E-state index in [9.17, 15) is 9.90 Å². The Morgan fingerprint density at radius 2 is 1.95 bits per heavy atom. The minimum Gasteiger partial charge on any atom is -0.496 e. The van der Waals surface area contributed by atoms with Crippen LogP contribution < -0.4 is 4.74 Å². The van der Waals surface area contributed by atoms with Gasteiger partial charge < -0.3 is 14.7 Å². The smallest absolute Gasteiger partial charge is 0.223 e. The molecule has 1 amide bonds. The highest BCUT2D eigenvalue weighted by Gasteiger charge is 2.48. The molecule has 0 radical (unpaired) electrons. The number of hydrogen-bond donors (Lipinski definition) is 1. The predicted octanol–water partition coefficient (Wildman–Crippen LogP) is 2.25. The quantitative estimate of drug-likeness (QED) is 0.925. The van der Waals surface area contributed by atoms with Crippen molar-refractivity contribution >= 4 is 5.91 Å². The second-order valence-electron chi connectivity index (χ2n) is 6.72. The lowest BCUT2D eigenvalue weighted by Crippen LogP contribution is -2.40. The number of carbonyl (C=O) groups is 1. The molecular formula is C17H25NO3. The van der Waals surface area contributed by atoms with Crippen LogP contribution >= 0.6 is 0 Å². The summed E-state index contributed by atoms with van der Waals surface area (Å²) < 4.78 is 5.30. The molecule has 4 nitrogen and oxygen atoms in total. The van der Waals surface area contributed by atoms with Gasteiger partial charge in [-0.15, -0.1) is 0 Å². The zero-order valence-corrected chi connectivity index (χ0v) is 13.3. The molecule has 0 saturated carbocycles. The van der Waals surface area contributed by atoms with Gasteiger partial charge in [-0.3, -0.25) is 4.79 Å². The van der Waals surface area contributed by atoms with E-state index in [-0.39, 0.29) is 11.3 Å². The maximum Gasteiger partial charge on any atom is 0.223 e. The zero-order chi connectivity index (χ0) is 15.7. The SMILES string of the molecule is COc1ccccc1CCC(=O)N1CC(C)(C)[C@@](C)(O)C1. The van der Waals surface area contributed by atoms with Gasteiger partial charge in [-0.1, -0.05) is 32.0 Å². The molecule has 1 aromatic carbocycles. The molecular weight excluding hydrogens is 266 g/mol.